The maximum Gasteiger partial charge on any atom is 0.141 e. The number of hydrogen-bond donors (Lipinski definition) is 1. The van der Waals surface area contributed by atoms with Crippen molar-refractivity contribution in [3.63, 3.8) is 0 Å². The summed E-state index contributed by atoms with van der Waals surface area (Å²) in [6.07, 6.45) is 0.767. The molecule has 0 fully saturated rings. The van der Waals surface area contributed by atoms with E-state index in [-0.39, 0.29) is 11.6 Å². The molecule has 1 unspecified atom stereocenters. The molecule has 0 aliphatic rings. The lowest BCUT2D eigenvalue weighted by Crippen LogP contribution is -2.18. The molecule has 108 valence electrons. The fourth-order valence-electron chi connectivity index (χ4n) is 2.24. The van der Waals surface area contributed by atoms with Crippen LogP contribution in [0.1, 0.15) is 18.1 Å². The van der Waals surface area contributed by atoms with E-state index in [1.54, 1.807) is 13.2 Å². The van der Waals surface area contributed by atoms with Crippen LogP contribution < -0.4 is 10.1 Å². The van der Waals surface area contributed by atoms with E-state index in [1.807, 2.05) is 37.3 Å². The Kier molecular flexibility index (Phi) is 4.78. The maximum atomic E-state index is 13.3. The van der Waals surface area contributed by atoms with Gasteiger partial charge in [0.2, 0.25) is 0 Å². The lowest BCUT2D eigenvalue weighted by molar-refractivity contribution is 0.409. The standard InChI is InChI=1S/C17H17FN2O/c1-12(9-13-5-3-4-6-17(13)21-2)20-15-7-8-16(18)14(10-15)11-19/h3-8,10,12,20H,9H2,1-2H3. The Balaban J connectivity index is 2.08. The molecular weight excluding hydrogens is 267 g/mol. The van der Waals surface area contributed by atoms with E-state index in [1.165, 1.54) is 12.1 Å². The van der Waals surface area contributed by atoms with Gasteiger partial charge < -0.3 is 10.1 Å². The Morgan fingerprint density at radius 2 is 2.05 bits per heavy atom. The quantitative estimate of drug-likeness (QED) is 0.909. The topological polar surface area (TPSA) is 45.0 Å². The highest BCUT2D eigenvalue weighted by molar-refractivity contribution is 5.50. The van der Waals surface area contributed by atoms with E-state index in [2.05, 4.69) is 5.32 Å². The van der Waals surface area contributed by atoms with Gasteiger partial charge in [0.05, 0.1) is 12.7 Å². The molecule has 0 amide bonds. The number of ether oxygens (including phenoxy) is 1. The van der Waals surface area contributed by atoms with Crippen LogP contribution in [0.4, 0.5) is 10.1 Å². The lowest BCUT2D eigenvalue weighted by Gasteiger charge is -2.17. The van der Waals surface area contributed by atoms with Crippen molar-refractivity contribution in [1.29, 1.82) is 5.26 Å². The summed E-state index contributed by atoms with van der Waals surface area (Å²) in [6.45, 7) is 2.03. The van der Waals surface area contributed by atoms with E-state index in [9.17, 15) is 4.39 Å². The Hall–Kier alpha value is -2.54. The smallest absolute Gasteiger partial charge is 0.141 e. The molecule has 3 nitrogen and oxygen atoms in total. The molecule has 0 heterocycles. The molecule has 2 aromatic carbocycles. The normalized spacial score (nSPS) is 11.5. The fraction of sp³-hybridized carbons (Fsp3) is 0.235. The summed E-state index contributed by atoms with van der Waals surface area (Å²) < 4.78 is 18.6. The molecule has 4 heteroatoms. The number of halogens is 1. The van der Waals surface area contributed by atoms with Crippen LogP contribution in [0.2, 0.25) is 0 Å². The number of nitrogens with zero attached hydrogens (tertiary/aromatic N) is 1. The average molecular weight is 284 g/mol. The van der Waals surface area contributed by atoms with Gasteiger partial charge in [0.15, 0.2) is 0 Å². The number of para-hydroxylation sites is 1. The van der Waals surface area contributed by atoms with E-state index in [0.717, 1.165) is 23.4 Å². The number of rotatable bonds is 5. The van der Waals surface area contributed by atoms with Crippen LogP contribution in [0.3, 0.4) is 0 Å². The van der Waals surface area contributed by atoms with Gasteiger partial charge in [-0.15, -0.1) is 0 Å². The maximum absolute atomic E-state index is 13.3. The van der Waals surface area contributed by atoms with Gasteiger partial charge in [-0.25, -0.2) is 4.39 Å². The van der Waals surface area contributed by atoms with Gasteiger partial charge in [-0.1, -0.05) is 18.2 Å². The van der Waals surface area contributed by atoms with Crippen LogP contribution in [0.25, 0.3) is 0 Å². The van der Waals surface area contributed by atoms with Gasteiger partial charge in [0.1, 0.15) is 17.6 Å². The third-order valence-electron chi connectivity index (χ3n) is 3.22. The first kappa shape index (κ1) is 14.9. The molecule has 1 atom stereocenters. The molecule has 0 radical (unpaired) electrons. The Labute approximate surface area is 124 Å². The number of nitrogens with one attached hydrogen (secondary N) is 1. The molecular formula is C17H17FN2O. The van der Waals surface area contributed by atoms with Gasteiger partial charge in [-0.2, -0.15) is 5.26 Å². The zero-order chi connectivity index (χ0) is 15.2. The van der Waals surface area contributed by atoms with Crippen LogP contribution in [0.15, 0.2) is 42.5 Å². The Bertz CT molecular complexity index is 664. The summed E-state index contributed by atoms with van der Waals surface area (Å²) in [5.41, 5.74) is 1.88. The Morgan fingerprint density at radius 1 is 1.29 bits per heavy atom. The van der Waals surface area contributed by atoms with E-state index in [0.29, 0.717) is 0 Å². The minimum absolute atomic E-state index is 0.0458. The first-order valence-electron chi connectivity index (χ1n) is 6.72. The average Bonchev–Trinajstić information content (AvgIpc) is 2.49. The van der Waals surface area contributed by atoms with Crippen LogP contribution in [-0.2, 0) is 6.42 Å². The van der Waals surface area contributed by atoms with Crippen molar-refractivity contribution in [3.8, 4) is 11.8 Å². The minimum atomic E-state index is -0.500. The molecule has 1 N–H and O–H groups in total. The molecule has 2 rings (SSSR count). The summed E-state index contributed by atoms with van der Waals surface area (Å²) >= 11 is 0. The molecule has 0 spiro atoms. The SMILES string of the molecule is COc1ccccc1CC(C)Nc1ccc(F)c(C#N)c1. The van der Waals surface area contributed by atoms with E-state index >= 15 is 0 Å². The van der Waals surface area contributed by atoms with Gasteiger partial charge in [-0.05, 0) is 43.2 Å². The number of hydrogen-bond acceptors (Lipinski definition) is 3. The predicted molar refractivity (Wildman–Crippen MR) is 80.9 cm³/mol. The largest absolute Gasteiger partial charge is 0.496 e. The van der Waals surface area contributed by atoms with Crippen molar-refractivity contribution >= 4 is 5.69 Å². The van der Waals surface area contributed by atoms with Crippen LogP contribution in [0.5, 0.6) is 5.75 Å². The zero-order valence-electron chi connectivity index (χ0n) is 12.1. The zero-order valence-corrected chi connectivity index (χ0v) is 12.1. The number of anilines is 1. The van der Waals surface area contributed by atoms with Crippen molar-refractivity contribution in [1.82, 2.24) is 0 Å². The first-order chi connectivity index (χ1) is 10.1. The van der Waals surface area contributed by atoms with E-state index in [4.69, 9.17) is 10.00 Å². The molecule has 0 aliphatic heterocycles. The Morgan fingerprint density at radius 3 is 2.76 bits per heavy atom. The third-order valence-corrected chi connectivity index (χ3v) is 3.22. The highest BCUT2D eigenvalue weighted by Crippen LogP contribution is 2.21. The highest BCUT2D eigenvalue weighted by atomic mass is 19.1. The van der Waals surface area contributed by atoms with Crippen LogP contribution in [0, 0.1) is 17.1 Å². The monoisotopic (exact) mass is 284 g/mol. The van der Waals surface area contributed by atoms with Gasteiger partial charge >= 0.3 is 0 Å². The van der Waals surface area contributed by atoms with Crippen LogP contribution in [-0.4, -0.2) is 13.2 Å². The minimum Gasteiger partial charge on any atom is -0.496 e. The summed E-state index contributed by atoms with van der Waals surface area (Å²) in [6, 6.07) is 14.3. The second kappa shape index (κ2) is 6.76. The van der Waals surface area contributed by atoms with Crippen molar-refractivity contribution in [2.75, 3.05) is 12.4 Å². The molecule has 0 bridgehead atoms. The van der Waals surface area contributed by atoms with Crippen molar-refractivity contribution < 1.29 is 9.13 Å². The summed E-state index contributed by atoms with van der Waals surface area (Å²) in [5, 5.41) is 12.1. The summed E-state index contributed by atoms with van der Waals surface area (Å²) in [5.74, 6) is 0.350. The van der Waals surface area contributed by atoms with Crippen LogP contribution >= 0.6 is 0 Å². The van der Waals surface area contributed by atoms with Crippen molar-refractivity contribution in [2.24, 2.45) is 0 Å². The van der Waals surface area contributed by atoms with E-state index < -0.39 is 5.82 Å². The number of nitriles is 1. The van der Waals surface area contributed by atoms with Crippen molar-refractivity contribution in [2.45, 2.75) is 19.4 Å². The van der Waals surface area contributed by atoms with Crippen molar-refractivity contribution in [3.05, 3.63) is 59.4 Å². The number of benzene rings is 2. The molecule has 21 heavy (non-hydrogen) atoms. The second-order valence-corrected chi connectivity index (χ2v) is 4.87. The fourth-order valence-corrected chi connectivity index (χ4v) is 2.24. The highest BCUT2D eigenvalue weighted by Gasteiger charge is 2.09. The first-order valence-corrected chi connectivity index (χ1v) is 6.72. The molecule has 0 saturated carbocycles. The predicted octanol–water partition coefficient (Wildman–Crippen LogP) is 3.75. The van der Waals surface area contributed by atoms with Gasteiger partial charge in [0.25, 0.3) is 0 Å². The van der Waals surface area contributed by atoms with Gasteiger partial charge in [-0.3, -0.25) is 0 Å². The molecule has 0 aromatic heterocycles. The van der Waals surface area contributed by atoms with Gasteiger partial charge in [0, 0.05) is 11.7 Å². The second-order valence-electron chi connectivity index (χ2n) is 4.87. The summed E-state index contributed by atoms with van der Waals surface area (Å²) in [4.78, 5) is 0. The molecule has 0 aliphatic carbocycles. The molecule has 0 saturated heterocycles. The summed E-state index contributed by atoms with van der Waals surface area (Å²) in [7, 11) is 1.65. The number of methoxy groups -OCH3 is 1. The third kappa shape index (κ3) is 3.73. The lowest BCUT2D eigenvalue weighted by atomic mass is 10.1. The molecule has 2 aromatic rings.